The summed E-state index contributed by atoms with van der Waals surface area (Å²) in [5, 5.41) is 3.66. The number of nitrogens with one attached hydrogen (secondary N) is 1. The van der Waals surface area contributed by atoms with Crippen LogP contribution in [-0.4, -0.2) is 30.3 Å². The van der Waals surface area contributed by atoms with Gasteiger partial charge in [-0.1, -0.05) is 6.92 Å². The summed E-state index contributed by atoms with van der Waals surface area (Å²) in [7, 11) is 1.85. The standard InChI is InChI=1S/C13H22N2OS/c1-3-7-15-12(8-11-9-14-10-17-11)13(16-2)5-4-6-13/h9-10,12,15H,3-8H2,1-2H3. The molecule has 1 aromatic heterocycles. The lowest BCUT2D eigenvalue weighted by Crippen LogP contribution is -2.57. The van der Waals surface area contributed by atoms with E-state index in [0.717, 1.165) is 13.0 Å². The maximum atomic E-state index is 5.80. The Morgan fingerprint density at radius 2 is 2.41 bits per heavy atom. The normalized spacial score (nSPS) is 19.9. The molecule has 1 atom stereocenters. The van der Waals surface area contributed by atoms with E-state index >= 15 is 0 Å². The molecule has 0 saturated heterocycles. The van der Waals surface area contributed by atoms with Crippen LogP contribution in [0.15, 0.2) is 11.7 Å². The molecule has 17 heavy (non-hydrogen) atoms. The Hall–Kier alpha value is -0.450. The van der Waals surface area contributed by atoms with E-state index in [1.54, 1.807) is 11.3 Å². The summed E-state index contributed by atoms with van der Waals surface area (Å²) >= 11 is 1.74. The van der Waals surface area contributed by atoms with E-state index in [9.17, 15) is 0 Å². The summed E-state index contributed by atoms with van der Waals surface area (Å²) in [6.45, 7) is 3.27. The third-order valence-electron chi connectivity index (χ3n) is 3.77. The number of hydrogen-bond acceptors (Lipinski definition) is 4. The van der Waals surface area contributed by atoms with Crippen LogP contribution in [0.1, 0.15) is 37.5 Å². The Morgan fingerprint density at radius 1 is 1.59 bits per heavy atom. The zero-order valence-corrected chi connectivity index (χ0v) is 11.6. The predicted molar refractivity (Wildman–Crippen MR) is 71.5 cm³/mol. The molecule has 0 radical (unpaired) electrons. The molecule has 4 heteroatoms. The second-order valence-corrected chi connectivity index (χ2v) is 5.77. The van der Waals surface area contributed by atoms with Gasteiger partial charge in [-0.2, -0.15) is 0 Å². The lowest BCUT2D eigenvalue weighted by Gasteiger charge is -2.47. The fraction of sp³-hybridized carbons (Fsp3) is 0.769. The summed E-state index contributed by atoms with van der Waals surface area (Å²) in [5.41, 5.74) is 1.98. The molecule has 1 fully saturated rings. The largest absolute Gasteiger partial charge is 0.377 e. The Balaban J connectivity index is 2.02. The fourth-order valence-corrected chi connectivity index (χ4v) is 3.17. The molecule has 2 rings (SSSR count). The van der Waals surface area contributed by atoms with Gasteiger partial charge in [-0.05, 0) is 32.2 Å². The molecule has 1 aromatic rings. The highest BCUT2D eigenvalue weighted by molar-refractivity contribution is 7.09. The number of thiazole rings is 1. The Kier molecular flexibility index (Phi) is 4.54. The highest BCUT2D eigenvalue weighted by atomic mass is 32.1. The van der Waals surface area contributed by atoms with Gasteiger partial charge in [0, 0.05) is 30.6 Å². The quantitative estimate of drug-likeness (QED) is 0.812. The van der Waals surface area contributed by atoms with Gasteiger partial charge in [0.15, 0.2) is 0 Å². The summed E-state index contributed by atoms with van der Waals surface area (Å²) in [6, 6.07) is 0.432. The Morgan fingerprint density at radius 3 is 2.88 bits per heavy atom. The minimum absolute atomic E-state index is 0.0686. The predicted octanol–water partition coefficient (Wildman–Crippen LogP) is 2.62. The van der Waals surface area contributed by atoms with E-state index in [0.29, 0.717) is 6.04 Å². The fourth-order valence-electron chi connectivity index (χ4n) is 2.53. The van der Waals surface area contributed by atoms with Crippen LogP contribution in [0, 0.1) is 0 Å². The van der Waals surface area contributed by atoms with Crippen LogP contribution in [-0.2, 0) is 11.2 Å². The van der Waals surface area contributed by atoms with Gasteiger partial charge in [0.1, 0.15) is 0 Å². The zero-order valence-electron chi connectivity index (χ0n) is 10.7. The molecule has 96 valence electrons. The van der Waals surface area contributed by atoms with Crippen molar-refractivity contribution < 1.29 is 4.74 Å². The Labute approximate surface area is 108 Å². The SMILES string of the molecule is CCCNC(Cc1cncs1)C1(OC)CCC1. The van der Waals surface area contributed by atoms with Crippen molar-refractivity contribution in [2.45, 2.75) is 50.7 Å². The molecule has 0 amide bonds. The average molecular weight is 254 g/mol. The highest BCUT2D eigenvalue weighted by Gasteiger charge is 2.44. The van der Waals surface area contributed by atoms with Gasteiger partial charge in [-0.25, -0.2) is 0 Å². The van der Waals surface area contributed by atoms with Crippen LogP contribution in [0.4, 0.5) is 0 Å². The number of methoxy groups -OCH3 is 1. The summed E-state index contributed by atoms with van der Waals surface area (Å²) in [6.07, 6.45) is 7.85. The zero-order chi connectivity index (χ0) is 12.1. The van der Waals surface area contributed by atoms with Crippen molar-refractivity contribution in [1.29, 1.82) is 0 Å². The third-order valence-corrected chi connectivity index (χ3v) is 4.57. The van der Waals surface area contributed by atoms with Crippen molar-refractivity contribution in [3.8, 4) is 0 Å². The van der Waals surface area contributed by atoms with Crippen LogP contribution in [0.3, 0.4) is 0 Å². The van der Waals surface area contributed by atoms with E-state index in [-0.39, 0.29) is 5.60 Å². The second kappa shape index (κ2) is 5.94. The average Bonchev–Trinajstić information content (AvgIpc) is 2.77. The summed E-state index contributed by atoms with van der Waals surface area (Å²) < 4.78 is 5.80. The van der Waals surface area contributed by atoms with Crippen molar-refractivity contribution in [3.63, 3.8) is 0 Å². The van der Waals surface area contributed by atoms with Crippen LogP contribution >= 0.6 is 11.3 Å². The number of hydrogen-bond donors (Lipinski definition) is 1. The van der Waals surface area contributed by atoms with E-state index in [2.05, 4.69) is 17.2 Å². The molecule has 1 N–H and O–H groups in total. The molecule has 0 aliphatic heterocycles. The van der Waals surface area contributed by atoms with E-state index < -0.39 is 0 Å². The van der Waals surface area contributed by atoms with Crippen molar-refractivity contribution in [3.05, 3.63) is 16.6 Å². The third kappa shape index (κ3) is 2.87. The van der Waals surface area contributed by atoms with Crippen LogP contribution < -0.4 is 5.32 Å². The molecule has 1 unspecified atom stereocenters. The van der Waals surface area contributed by atoms with Crippen molar-refractivity contribution >= 4 is 11.3 Å². The number of nitrogens with zero attached hydrogens (tertiary/aromatic N) is 1. The number of ether oxygens (including phenoxy) is 1. The molecule has 0 bridgehead atoms. The molecule has 0 aromatic carbocycles. The lowest BCUT2D eigenvalue weighted by molar-refractivity contribution is -0.0979. The van der Waals surface area contributed by atoms with Crippen LogP contribution in [0.25, 0.3) is 0 Å². The molecule has 1 heterocycles. The minimum atomic E-state index is 0.0686. The van der Waals surface area contributed by atoms with Crippen LogP contribution in [0.5, 0.6) is 0 Å². The summed E-state index contributed by atoms with van der Waals surface area (Å²) in [5.74, 6) is 0. The maximum Gasteiger partial charge on any atom is 0.0834 e. The van der Waals surface area contributed by atoms with Gasteiger partial charge in [0.05, 0.1) is 11.1 Å². The molecule has 1 saturated carbocycles. The monoisotopic (exact) mass is 254 g/mol. The summed E-state index contributed by atoms with van der Waals surface area (Å²) in [4.78, 5) is 5.51. The smallest absolute Gasteiger partial charge is 0.0834 e. The number of rotatable bonds is 7. The second-order valence-electron chi connectivity index (χ2n) is 4.80. The topological polar surface area (TPSA) is 34.2 Å². The molecular weight excluding hydrogens is 232 g/mol. The van der Waals surface area contributed by atoms with Crippen LogP contribution in [0.2, 0.25) is 0 Å². The minimum Gasteiger partial charge on any atom is -0.377 e. The number of aromatic nitrogens is 1. The maximum absolute atomic E-state index is 5.80. The molecule has 1 aliphatic carbocycles. The first-order chi connectivity index (χ1) is 8.30. The van der Waals surface area contributed by atoms with E-state index in [4.69, 9.17) is 4.74 Å². The highest BCUT2D eigenvalue weighted by Crippen LogP contribution is 2.39. The van der Waals surface area contributed by atoms with Gasteiger partial charge < -0.3 is 10.1 Å². The van der Waals surface area contributed by atoms with Gasteiger partial charge in [-0.15, -0.1) is 11.3 Å². The van der Waals surface area contributed by atoms with Crippen molar-refractivity contribution in [2.75, 3.05) is 13.7 Å². The van der Waals surface area contributed by atoms with Crippen molar-refractivity contribution in [2.24, 2.45) is 0 Å². The van der Waals surface area contributed by atoms with E-state index in [1.165, 1.54) is 30.6 Å². The molecule has 3 nitrogen and oxygen atoms in total. The van der Waals surface area contributed by atoms with Crippen molar-refractivity contribution in [1.82, 2.24) is 10.3 Å². The van der Waals surface area contributed by atoms with Gasteiger partial charge in [0.2, 0.25) is 0 Å². The van der Waals surface area contributed by atoms with E-state index in [1.807, 2.05) is 18.8 Å². The molecule has 1 aliphatic rings. The molecule has 0 spiro atoms. The van der Waals surface area contributed by atoms with Gasteiger partial charge >= 0.3 is 0 Å². The first kappa shape index (κ1) is 13.0. The first-order valence-electron chi connectivity index (χ1n) is 6.46. The lowest BCUT2D eigenvalue weighted by atomic mass is 9.73. The Bertz CT molecular complexity index is 317. The van der Waals surface area contributed by atoms with Gasteiger partial charge in [0.25, 0.3) is 0 Å². The van der Waals surface area contributed by atoms with Gasteiger partial charge in [-0.3, -0.25) is 4.98 Å². The molecular formula is C13H22N2OS. The first-order valence-corrected chi connectivity index (χ1v) is 7.34.